The predicted octanol–water partition coefficient (Wildman–Crippen LogP) is 3.62. The molecule has 0 saturated heterocycles. The van der Waals surface area contributed by atoms with Gasteiger partial charge >= 0.3 is 0 Å². The Morgan fingerprint density at radius 1 is 1.08 bits per heavy atom. The average Bonchev–Trinajstić information content (AvgIpc) is 3.09. The first-order valence-corrected chi connectivity index (χ1v) is 14.1. The molecule has 1 aliphatic carbocycles. The lowest BCUT2D eigenvalue weighted by Crippen LogP contribution is -2.50. The van der Waals surface area contributed by atoms with E-state index >= 15 is 0 Å². The molecule has 1 saturated carbocycles. The zero-order chi connectivity index (χ0) is 26.6. The van der Waals surface area contributed by atoms with E-state index in [2.05, 4.69) is 5.32 Å². The van der Waals surface area contributed by atoms with Crippen LogP contribution in [0.5, 0.6) is 0 Å². The van der Waals surface area contributed by atoms with Gasteiger partial charge in [0.15, 0.2) is 0 Å². The number of rotatable bonds is 9. The van der Waals surface area contributed by atoms with E-state index in [1.165, 1.54) is 29.2 Å². The molecular formula is C27H32FN3O5S. The van der Waals surface area contributed by atoms with Crippen molar-refractivity contribution in [1.82, 2.24) is 14.5 Å². The van der Waals surface area contributed by atoms with Crippen LogP contribution in [0, 0.1) is 5.82 Å². The number of fused-ring (bicyclic) bond motifs is 1. The molecule has 0 unspecified atom stereocenters. The van der Waals surface area contributed by atoms with E-state index in [1.54, 1.807) is 31.2 Å². The van der Waals surface area contributed by atoms with Crippen molar-refractivity contribution in [3.05, 3.63) is 65.5 Å². The van der Waals surface area contributed by atoms with Gasteiger partial charge in [0.25, 0.3) is 15.9 Å². The van der Waals surface area contributed by atoms with Gasteiger partial charge in [-0.25, -0.2) is 17.1 Å². The van der Waals surface area contributed by atoms with E-state index in [9.17, 15) is 27.2 Å². The van der Waals surface area contributed by atoms with Gasteiger partial charge in [-0.2, -0.15) is 0 Å². The smallest absolute Gasteiger partial charge is 0.269 e. The number of carbonyl (C=O) groups excluding carboxylic acids is 3. The van der Waals surface area contributed by atoms with E-state index in [0.717, 1.165) is 36.4 Å². The number of amides is 3. The molecule has 1 atom stereocenters. The van der Waals surface area contributed by atoms with Gasteiger partial charge in [-0.15, -0.1) is 0 Å². The first kappa shape index (κ1) is 26.8. The fourth-order valence-corrected chi connectivity index (χ4v) is 6.51. The van der Waals surface area contributed by atoms with Gasteiger partial charge in [0.05, 0.1) is 5.56 Å². The van der Waals surface area contributed by atoms with Crippen LogP contribution in [0.1, 0.15) is 67.8 Å². The van der Waals surface area contributed by atoms with E-state index in [4.69, 9.17) is 0 Å². The van der Waals surface area contributed by atoms with Crippen molar-refractivity contribution in [2.75, 3.05) is 6.54 Å². The Morgan fingerprint density at radius 3 is 2.43 bits per heavy atom. The van der Waals surface area contributed by atoms with E-state index in [-0.39, 0.29) is 54.2 Å². The van der Waals surface area contributed by atoms with Gasteiger partial charge in [-0.05, 0) is 56.0 Å². The molecule has 0 aromatic heterocycles. The van der Waals surface area contributed by atoms with Gasteiger partial charge in [-0.1, -0.05) is 43.5 Å². The number of halogens is 1. The van der Waals surface area contributed by atoms with Crippen LogP contribution in [0.2, 0.25) is 0 Å². The largest absolute Gasteiger partial charge is 0.352 e. The Kier molecular flexibility index (Phi) is 8.26. The molecule has 2 aromatic rings. The molecule has 1 fully saturated rings. The summed E-state index contributed by atoms with van der Waals surface area (Å²) in [6.45, 7) is 1.62. The molecule has 4 rings (SSSR count). The van der Waals surface area contributed by atoms with Crippen molar-refractivity contribution in [2.24, 2.45) is 0 Å². The number of sulfonamides is 1. The van der Waals surface area contributed by atoms with Crippen molar-refractivity contribution in [3.8, 4) is 0 Å². The molecule has 2 aliphatic rings. The predicted molar refractivity (Wildman–Crippen MR) is 135 cm³/mol. The Hall–Kier alpha value is -3.27. The van der Waals surface area contributed by atoms with Crippen molar-refractivity contribution < 1.29 is 27.2 Å². The van der Waals surface area contributed by atoms with E-state index in [0.29, 0.717) is 5.56 Å². The number of nitrogens with zero attached hydrogens (tertiary/aromatic N) is 2. The van der Waals surface area contributed by atoms with Crippen LogP contribution in [-0.4, -0.2) is 54.0 Å². The van der Waals surface area contributed by atoms with Crippen molar-refractivity contribution in [2.45, 2.75) is 75.4 Å². The van der Waals surface area contributed by atoms with Gasteiger partial charge < -0.3 is 10.2 Å². The normalized spacial score (nSPS) is 17.8. The number of hydrogen-bond acceptors (Lipinski definition) is 5. The van der Waals surface area contributed by atoms with Crippen LogP contribution in [0.25, 0.3) is 0 Å². The molecule has 1 heterocycles. The summed E-state index contributed by atoms with van der Waals surface area (Å²) in [6, 6.07) is 11.1. The highest BCUT2D eigenvalue weighted by molar-refractivity contribution is 7.90. The minimum absolute atomic E-state index is 0.0303. The Balaban J connectivity index is 1.43. The van der Waals surface area contributed by atoms with Crippen molar-refractivity contribution >= 4 is 27.7 Å². The molecule has 10 heteroatoms. The monoisotopic (exact) mass is 529 g/mol. The molecular weight excluding hydrogens is 497 g/mol. The molecule has 1 N–H and O–H groups in total. The van der Waals surface area contributed by atoms with E-state index < -0.39 is 27.8 Å². The summed E-state index contributed by atoms with van der Waals surface area (Å²) < 4.78 is 39.8. The zero-order valence-corrected chi connectivity index (χ0v) is 21.7. The summed E-state index contributed by atoms with van der Waals surface area (Å²) in [4.78, 5) is 40.4. The van der Waals surface area contributed by atoms with Crippen molar-refractivity contribution in [1.29, 1.82) is 0 Å². The highest BCUT2D eigenvalue weighted by Gasteiger charge is 2.40. The highest BCUT2D eigenvalue weighted by atomic mass is 32.2. The lowest BCUT2D eigenvalue weighted by atomic mass is 9.95. The summed E-state index contributed by atoms with van der Waals surface area (Å²) in [5.74, 6) is -1.61. The molecule has 0 spiro atoms. The average molecular weight is 530 g/mol. The number of carbonyl (C=O) groups is 3. The molecule has 0 radical (unpaired) electrons. The second kappa shape index (κ2) is 11.4. The van der Waals surface area contributed by atoms with Crippen LogP contribution in [-0.2, 0) is 26.2 Å². The molecule has 0 bridgehead atoms. The third-order valence-electron chi connectivity index (χ3n) is 7.05. The van der Waals surface area contributed by atoms with Gasteiger partial charge in [0, 0.05) is 25.6 Å². The van der Waals surface area contributed by atoms with Gasteiger partial charge in [0.2, 0.25) is 11.8 Å². The van der Waals surface area contributed by atoms with Crippen LogP contribution < -0.4 is 5.32 Å². The first-order valence-electron chi connectivity index (χ1n) is 12.7. The third-order valence-corrected chi connectivity index (χ3v) is 8.89. The maximum absolute atomic E-state index is 13.4. The Labute approximate surface area is 216 Å². The summed E-state index contributed by atoms with van der Waals surface area (Å²) >= 11 is 0. The van der Waals surface area contributed by atoms with Crippen LogP contribution in [0.4, 0.5) is 4.39 Å². The SMILES string of the molecule is C[C@H](C(=O)NC1CCCCC1)N(Cc1ccc(F)cc1)C(=O)CCCN1C(=O)c2ccccc2S1(=O)=O. The summed E-state index contributed by atoms with van der Waals surface area (Å²) in [6.07, 6.45) is 5.12. The van der Waals surface area contributed by atoms with Gasteiger partial charge in [0.1, 0.15) is 16.8 Å². The number of benzene rings is 2. The molecule has 3 amide bonds. The number of nitrogens with one attached hydrogen (secondary N) is 1. The topological polar surface area (TPSA) is 104 Å². The quantitative estimate of drug-likeness (QED) is 0.535. The first-order chi connectivity index (χ1) is 17.7. The second-order valence-electron chi connectivity index (χ2n) is 9.65. The minimum atomic E-state index is -3.95. The lowest BCUT2D eigenvalue weighted by Gasteiger charge is -2.31. The maximum atomic E-state index is 13.4. The lowest BCUT2D eigenvalue weighted by molar-refractivity contribution is -0.141. The van der Waals surface area contributed by atoms with Crippen LogP contribution >= 0.6 is 0 Å². The molecule has 8 nitrogen and oxygen atoms in total. The fraction of sp³-hybridized carbons (Fsp3) is 0.444. The highest BCUT2D eigenvalue weighted by Crippen LogP contribution is 2.30. The molecule has 198 valence electrons. The second-order valence-corrected chi connectivity index (χ2v) is 11.5. The van der Waals surface area contributed by atoms with E-state index in [1.807, 2.05) is 0 Å². The van der Waals surface area contributed by atoms with Crippen molar-refractivity contribution in [3.63, 3.8) is 0 Å². The third kappa shape index (κ3) is 6.01. The zero-order valence-electron chi connectivity index (χ0n) is 20.9. The maximum Gasteiger partial charge on any atom is 0.269 e. The standard InChI is InChI=1S/C27H32FN3O5S/c1-19(26(33)29-22-8-3-2-4-9-22)30(18-20-13-15-21(28)16-14-20)25(32)12-7-17-31-27(34)23-10-5-6-11-24(23)37(31,35)36/h5-6,10-11,13-16,19,22H,2-4,7-9,12,17-18H2,1H3,(H,29,33)/t19-/m1/s1. The molecule has 37 heavy (non-hydrogen) atoms. The summed E-state index contributed by atoms with van der Waals surface area (Å²) in [5, 5.41) is 3.05. The Morgan fingerprint density at radius 2 is 1.76 bits per heavy atom. The number of hydrogen-bond donors (Lipinski definition) is 1. The fourth-order valence-electron chi connectivity index (χ4n) is 4.91. The Bertz CT molecular complexity index is 1260. The molecule has 2 aromatic carbocycles. The van der Waals surface area contributed by atoms with Crippen LogP contribution in [0.15, 0.2) is 53.4 Å². The van der Waals surface area contributed by atoms with Gasteiger partial charge in [-0.3, -0.25) is 14.4 Å². The van der Waals surface area contributed by atoms with Crippen LogP contribution in [0.3, 0.4) is 0 Å². The summed E-state index contributed by atoms with van der Waals surface area (Å²) in [5.41, 5.74) is 0.791. The summed E-state index contributed by atoms with van der Waals surface area (Å²) in [7, 11) is -3.95. The minimum Gasteiger partial charge on any atom is -0.352 e. The molecule has 1 aliphatic heterocycles.